The molecule has 110 valence electrons. The second-order valence-corrected chi connectivity index (χ2v) is 5.34. The molecule has 0 aliphatic carbocycles. The van der Waals surface area contributed by atoms with Crippen molar-refractivity contribution in [3.63, 3.8) is 0 Å². The summed E-state index contributed by atoms with van der Waals surface area (Å²) in [6.07, 6.45) is 2.68. The molecule has 0 amide bonds. The summed E-state index contributed by atoms with van der Waals surface area (Å²) in [5, 5.41) is 0. The maximum atomic E-state index is 5.86. The van der Waals surface area contributed by atoms with Crippen molar-refractivity contribution >= 4 is 0 Å². The van der Waals surface area contributed by atoms with E-state index in [0.717, 1.165) is 29.3 Å². The van der Waals surface area contributed by atoms with Crippen LogP contribution in [-0.4, -0.2) is 4.98 Å². The highest BCUT2D eigenvalue weighted by molar-refractivity contribution is 5.60. The minimum Gasteiger partial charge on any atom is -0.445 e. The average Bonchev–Trinajstić information content (AvgIpc) is 2.95. The molecular formula is C20H19NO. The molecule has 1 aromatic heterocycles. The van der Waals surface area contributed by atoms with Crippen LogP contribution in [0, 0.1) is 6.92 Å². The van der Waals surface area contributed by atoms with Crippen molar-refractivity contribution in [1.82, 2.24) is 4.98 Å². The predicted octanol–water partition coefficient (Wildman–Crippen LogP) is 5.16. The normalized spacial score (nSPS) is 12.0. The maximum Gasteiger partial charge on any atom is 0.195 e. The number of oxazole rings is 1. The highest BCUT2D eigenvalue weighted by Gasteiger charge is 2.15. The Hall–Kier alpha value is -2.61. The molecule has 0 unspecified atom stereocenters. The molecule has 1 heterocycles. The Morgan fingerprint density at radius 3 is 2.32 bits per heavy atom. The van der Waals surface area contributed by atoms with E-state index in [2.05, 4.69) is 35.8 Å². The summed E-state index contributed by atoms with van der Waals surface area (Å²) in [7, 11) is 0. The van der Waals surface area contributed by atoms with Crippen LogP contribution in [0.25, 0.3) is 11.3 Å². The van der Waals surface area contributed by atoms with Gasteiger partial charge in [0.15, 0.2) is 5.89 Å². The number of rotatable bonds is 5. The van der Waals surface area contributed by atoms with Gasteiger partial charge in [-0.1, -0.05) is 66.7 Å². The monoisotopic (exact) mass is 289 g/mol. The lowest BCUT2D eigenvalue weighted by molar-refractivity contribution is 0.463. The third kappa shape index (κ3) is 3.01. The van der Waals surface area contributed by atoms with Gasteiger partial charge in [0.05, 0.1) is 0 Å². The molecular weight excluding hydrogens is 270 g/mol. The second-order valence-electron chi connectivity index (χ2n) is 5.34. The van der Waals surface area contributed by atoms with Crippen LogP contribution < -0.4 is 0 Å². The number of benzene rings is 2. The average molecular weight is 289 g/mol. The van der Waals surface area contributed by atoms with E-state index in [0.29, 0.717) is 0 Å². The topological polar surface area (TPSA) is 26.0 Å². The predicted molar refractivity (Wildman–Crippen MR) is 89.8 cm³/mol. The van der Waals surface area contributed by atoms with Crippen LogP contribution in [-0.2, 0) is 6.42 Å². The molecule has 0 spiro atoms. The molecule has 0 aliphatic heterocycles. The van der Waals surface area contributed by atoms with Gasteiger partial charge in [0.25, 0.3) is 0 Å². The van der Waals surface area contributed by atoms with E-state index in [1.165, 1.54) is 5.56 Å². The minimum atomic E-state index is 0.211. The molecule has 3 rings (SSSR count). The molecule has 0 saturated carbocycles. The molecule has 2 heteroatoms. The van der Waals surface area contributed by atoms with Crippen molar-refractivity contribution in [2.24, 2.45) is 0 Å². The summed E-state index contributed by atoms with van der Waals surface area (Å²) >= 11 is 0. The fraction of sp³-hybridized carbons (Fsp3) is 0.150. The van der Waals surface area contributed by atoms with Crippen molar-refractivity contribution in [2.45, 2.75) is 19.3 Å². The van der Waals surface area contributed by atoms with Crippen LogP contribution in [0.5, 0.6) is 0 Å². The fourth-order valence-corrected chi connectivity index (χ4v) is 2.63. The number of allylic oxidation sites excluding steroid dienone is 1. The molecule has 0 radical (unpaired) electrons. The van der Waals surface area contributed by atoms with Crippen LogP contribution in [0.2, 0.25) is 0 Å². The van der Waals surface area contributed by atoms with Crippen molar-refractivity contribution < 1.29 is 4.42 Å². The van der Waals surface area contributed by atoms with Crippen LogP contribution in [0.3, 0.4) is 0 Å². The standard InChI is InChI=1S/C20H19NO/c1-3-16(17-10-6-4-7-11-17)14-19-21-20(15(2)22-19)18-12-8-5-9-13-18/h3-13,16H,1,14H2,2H3/t16-/m1/s1. The lowest BCUT2D eigenvalue weighted by Crippen LogP contribution is -1.99. The Bertz CT molecular complexity index is 744. The van der Waals surface area contributed by atoms with E-state index in [-0.39, 0.29) is 5.92 Å². The minimum absolute atomic E-state index is 0.211. The van der Waals surface area contributed by atoms with Gasteiger partial charge < -0.3 is 4.42 Å². The van der Waals surface area contributed by atoms with E-state index in [4.69, 9.17) is 4.42 Å². The van der Waals surface area contributed by atoms with Gasteiger partial charge in [-0.15, -0.1) is 6.58 Å². The summed E-state index contributed by atoms with van der Waals surface area (Å²) in [5.41, 5.74) is 3.24. The number of hydrogen-bond acceptors (Lipinski definition) is 2. The van der Waals surface area contributed by atoms with Gasteiger partial charge in [-0.25, -0.2) is 4.98 Å². The van der Waals surface area contributed by atoms with E-state index >= 15 is 0 Å². The summed E-state index contributed by atoms with van der Waals surface area (Å²) in [4.78, 5) is 4.68. The van der Waals surface area contributed by atoms with Gasteiger partial charge >= 0.3 is 0 Å². The fourth-order valence-electron chi connectivity index (χ4n) is 2.63. The molecule has 2 nitrogen and oxygen atoms in total. The number of hydrogen-bond donors (Lipinski definition) is 0. The summed E-state index contributed by atoms with van der Waals surface area (Å²) < 4.78 is 5.86. The Morgan fingerprint density at radius 1 is 1.05 bits per heavy atom. The van der Waals surface area contributed by atoms with Crippen molar-refractivity contribution in [3.8, 4) is 11.3 Å². The number of nitrogens with zero attached hydrogens (tertiary/aromatic N) is 1. The molecule has 1 atom stereocenters. The van der Waals surface area contributed by atoms with Gasteiger partial charge in [0, 0.05) is 17.9 Å². The smallest absolute Gasteiger partial charge is 0.195 e. The zero-order valence-corrected chi connectivity index (χ0v) is 12.7. The van der Waals surface area contributed by atoms with Crippen LogP contribution in [0.1, 0.15) is 23.1 Å². The highest BCUT2D eigenvalue weighted by atomic mass is 16.4. The first kappa shape index (κ1) is 14.3. The third-order valence-corrected chi connectivity index (χ3v) is 3.79. The SMILES string of the molecule is C=C[C@H](Cc1nc(-c2ccccc2)c(C)o1)c1ccccc1. The Morgan fingerprint density at radius 2 is 1.68 bits per heavy atom. The van der Waals surface area contributed by atoms with Gasteiger partial charge in [-0.3, -0.25) is 0 Å². The maximum absolute atomic E-state index is 5.86. The van der Waals surface area contributed by atoms with Crippen molar-refractivity contribution in [3.05, 3.63) is 90.5 Å². The third-order valence-electron chi connectivity index (χ3n) is 3.79. The van der Waals surface area contributed by atoms with Crippen LogP contribution in [0.15, 0.2) is 77.7 Å². The van der Waals surface area contributed by atoms with Crippen LogP contribution in [0.4, 0.5) is 0 Å². The van der Waals surface area contributed by atoms with Gasteiger partial charge in [0.1, 0.15) is 11.5 Å². The molecule has 0 N–H and O–H groups in total. The zero-order chi connectivity index (χ0) is 15.4. The van der Waals surface area contributed by atoms with Crippen molar-refractivity contribution in [2.75, 3.05) is 0 Å². The summed E-state index contributed by atoms with van der Waals surface area (Å²) in [6.45, 7) is 5.91. The molecule has 0 aliphatic rings. The lowest BCUT2D eigenvalue weighted by Gasteiger charge is -2.10. The first-order valence-electron chi connectivity index (χ1n) is 7.47. The largest absolute Gasteiger partial charge is 0.445 e. The second kappa shape index (κ2) is 6.44. The zero-order valence-electron chi connectivity index (χ0n) is 12.7. The molecule has 2 aromatic carbocycles. The Balaban J connectivity index is 1.86. The Labute approximate surface area is 131 Å². The first-order valence-corrected chi connectivity index (χ1v) is 7.47. The van der Waals surface area contributed by atoms with Gasteiger partial charge in [-0.05, 0) is 12.5 Å². The lowest BCUT2D eigenvalue weighted by atomic mass is 9.96. The molecule has 3 aromatic rings. The Kier molecular flexibility index (Phi) is 4.19. The summed E-state index contributed by atoms with van der Waals surface area (Å²) in [6, 6.07) is 20.5. The first-order chi connectivity index (χ1) is 10.8. The molecule has 22 heavy (non-hydrogen) atoms. The quantitative estimate of drug-likeness (QED) is 0.606. The van der Waals surface area contributed by atoms with E-state index in [1.807, 2.05) is 49.4 Å². The van der Waals surface area contributed by atoms with Crippen molar-refractivity contribution in [1.29, 1.82) is 0 Å². The number of aromatic nitrogens is 1. The van der Waals surface area contributed by atoms with Crippen LogP contribution >= 0.6 is 0 Å². The van der Waals surface area contributed by atoms with Gasteiger partial charge in [-0.2, -0.15) is 0 Å². The van der Waals surface area contributed by atoms with E-state index in [1.54, 1.807) is 0 Å². The van der Waals surface area contributed by atoms with E-state index < -0.39 is 0 Å². The summed E-state index contributed by atoms with van der Waals surface area (Å²) in [5.74, 6) is 1.82. The molecule has 0 saturated heterocycles. The highest BCUT2D eigenvalue weighted by Crippen LogP contribution is 2.27. The van der Waals surface area contributed by atoms with Gasteiger partial charge in [0.2, 0.25) is 0 Å². The molecule has 0 bridgehead atoms. The molecule has 0 fully saturated rings. The number of aryl methyl sites for hydroxylation is 1. The van der Waals surface area contributed by atoms with E-state index in [9.17, 15) is 0 Å².